The highest BCUT2D eigenvalue weighted by Crippen LogP contribution is 2.03. The van der Waals surface area contributed by atoms with Crippen molar-refractivity contribution in [3.8, 4) is 6.07 Å². The molecule has 0 aliphatic carbocycles. The van der Waals surface area contributed by atoms with E-state index in [1.165, 1.54) is 0 Å². The molecular formula is C12H23N3O2. The number of hydrogen-bond donors (Lipinski definition) is 1. The van der Waals surface area contributed by atoms with Gasteiger partial charge in [-0.1, -0.05) is 0 Å². The molecule has 0 aliphatic rings. The molecule has 2 unspecified atom stereocenters. The molecule has 2 atom stereocenters. The first-order valence-electron chi connectivity index (χ1n) is 5.90. The molecule has 0 spiro atoms. The summed E-state index contributed by atoms with van der Waals surface area (Å²) in [6, 6.07) is 1.80. The van der Waals surface area contributed by atoms with Crippen LogP contribution in [-0.2, 0) is 4.79 Å². The minimum atomic E-state index is -0.351. The zero-order chi connectivity index (χ0) is 13.4. The third kappa shape index (κ3) is 6.25. The molecule has 0 rings (SSSR count). The van der Waals surface area contributed by atoms with Crippen molar-refractivity contribution in [2.45, 2.75) is 38.8 Å². The van der Waals surface area contributed by atoms with Gasteiger partial charge in [-0.3, -0.25) is 9.69 Å². The van der Waals surface area contributed by atoms with Gasteiger partial charge in [0, 0.05) is 20.1 Å². The zero-order valence-corrected chi connectivity index (χ0v) is 11.2. The monoisotopic (exact) mass is 241 g/mol. The van der Waals surface area contributed by atoms with Crippen LogP contribution in [0.5, 0.6) is 0 Å². The van der Waals surface area contributed by atoms with Crippen LogP contribution in [0.1, 0.15) is 26.7 Å². The molecule has 0 aromatic heterocycles. The fourth-order valence-electron chi connectivity index (χ4n) is 1.42. The highest BCUT2D eigenvalue weighted by molar-refractivity contribution is 5.81. The van der Waals surface area contributed by atoms with Gasteiger partial charge < -0.3 is 10.0 Å². The molecule has 0 saturated carbocycles. The van der Waals surface area contributed by atoms with Crippen molar-refractivity contribution in [3.63, 3.8) is 0 Å². The van der Waals surface area contributed by atoms with E-state index in [1.54, 1.807) is 18.9 Å². The lowest BCUT2D eigenvalue weighted by Crippen LogP contribution is -2.45. The van der Waals surface area contributed by atoms with Crippen LogP contribution in [0, 0.1) is 11.3 Å². The Hall–Kier alpha value is -1.12. The third-order valence-electron chi connectivity index (χ3n) is 2.85. The van der Waals surface area contributed by atoms with Gasteiger partial charge in [-0.2, -0.15) is 5.26 Å². The van der Waals surface area contributed by atoms with Crippen LogP contribution in [0.2, 0.25) is 0 Å². The van der Waals surface area contributed by atoms with Crippen molar-refractivity contribution < 1.29 is 9.90 Å². The first-order valence-corrected chi connectivity index (χ1v) is 5.90. The molecule has 1 amide bonds. The molecule has 0 aromatic rings. The number of carbonyl (C=O) groups is 1. The van der Waals surface area contributed by atoms with Gasteiger partial charge in [0.25, 0.3) is 0 Å². The predicted octanol–water partition coefficient (Wildman–Crippen LogP) is 0.450. The summed E-state index contributed by atoms with van der Waals surface area (Å²) in [5.74, 6) is 0.00772. The van der Waals surface area contributed by atoms with E-state index in [2.05, 4.69) is 0 Å². The fourth-order valence-corrected chi connectivity index (χ4v) is 1.42. The average Bonchev–Trinajstić information content (AvgIpc) is 2.30. The van der Waals surface area contributed by atoms with E-state index in [0.29, 0.717) is 25.9 Å². The summed E-state index contributed by atoms with van der Waals surface area (Å²) in [6.45, 7) is 4.72. The van der Waals surface area contributed by atoms with E-state index < -0.39 is 0 Å². The Morgan fingerprint density at radius 2 is 1.94 bits per heavy atom. The lowest BCUT2D eigenvalue weighted by molar-refractivity contribution is -0.134. The van der Waals surface area contributed by atoms with Gasteiger partial charge in [-0.25, -0.2) is 0 Å². The number of aliphatic hydroxyl groups excluding tert-OH is 1. The maximum Gasteiger partial charge on any atom is 0.239 e. The first kappa shape index (κ1) is 15.9. The lowest BCUT2D eigenvalue weighted by atomic mass is 10.2. The Kier molecular flexibility index (Phi) is 7.51. The van der Waals surface area contributed by atoms with Crippen molar-refractivity contribution in [2.24, 2.45) is 0 Å². The molecule has 0 fully saturated rings. The largest absolute Gasteiger partial charge is 0.393 e. The van der Waals surface area contributed by atoms with Gasteiger partial charge >= 0.3 is 0 Å². The van der Waals surface area contributed by atoms with Crippen molar-refractivity contribution in [1.82, 2.24) is 9.80 Å². The van der Waals surface area contributed by atoms with Crippen molar-refractivity contribution in [3.05, 3.63) is 0 Å². The second-order valence-corrected chi connectivity index (χ2v) is 4.46. The van der Waals surface area contributed by atoms with Gasteiger partial charge in [0.1, 0.15) is 0 Å². The number of aliphatic hydroxyl groups is 1. The van der Waals surface area contributed by atoms with Crippen LogP contribution in [0.25, 0.3) is 0 Å². The number of amides is 1. The Balaban J connectivity index is 4.14. The van der Waals surface area contributed by atoms with Crippen LogP contribution in [0.15, 0.2) is 0 Å². The van der Waals surface area contributed by atoms with Crippen LogP contribution < -0.4 is 0 Å². The van der Waals surface area contributed by atoms with Gasteiger partial charge in [0.15, 0.2) is 0 Å². The Morgan fingerprint density at radius 3 is 2.41 bits per heavy atom. The Bertz CT molecular complexity index is 273. The Morgan fingerprint density at radius 1 is 1.35 bits per heavy atom. The van der Waals surface area contributed by atoms with Gasteiger partial charge in [-0.15, -0.1) is 0 Å². The maximum atomic E-state index is 11.9. The summed E-state index contributed by atoms with van der Waals surface area (Å²) < 4.78 is 0. The molecule has 98 valence electrons. The average molecular weight is 241 g/mol. The van der Waals surface area contributed by atoms with E-state index in [1.807, 2.05) is 24.9 Å². The standard InChI is InChI=1S/C12H23N3O2/c1-10(16)6-9-14(3)11(2)12(17)15(4)8-5-7-13/h10-11,16H,5-6,8-9H2,1-4H3. The molecular weight excluding hydrogens is 218 g/mol. The number of nitrogens with zero attached hydrogens (tertiary/aromatic N) is 3. The van der Waals surface area contributed by atoms with Crippen LogP contribution in [0.4, 0.5) is 0 Å². The van der Waals surface area contributed by atoms with Gasteiger partial charge in [0.2, 0.25) is 5.91 Å². The lowest BCUT2D eigenvalue weighted by Gasteiger charge is -2.28. The molecule has 5 heteroatoms. The molecule has 0 saturated heterocycles. The minimum Gasteiger partial charge on any atom is -0.393 e. The fraction of sp³-hybridized carbons (Fsp3) is 0.833. The second kappa shape index (κ2) is 8.04. The molecule has 0 bridgehead atoms. The highest BCUT2D eigenvalue weighted by atomic mass is 16.3. The molecule has 0 heterocycles. The van der Waals surface area contributed by atoms with Gasteiger partial charge in [0.05, 0.1) is 24.6 Å². The van der Waals surface area contributed by atoms with Crippen molar-refractivity contribution >= 4 is 5.91 Å². The summed E-state index contributed by atoms with van der Waals surface area (Å²) in [6.07, 6.45) is 0.651. The molecule has 0 aliphatic heterocycles. The minimum absolute atomic E-state index is 0.00772. The van der Waals surface area contributed by atoms with Crippen molar-refractivity contribution in [1.29, 1.82) is 5.26 Å². The van der Waals surface area contributed by atoms with Crippen LogP contribution in [0.3, 0.4) is 0 Å². The summed E-state index contributed by atoms with van der Waals surface area (Å²) in [5, 5.41) is 17.7. The SMILES string of the molecule is CC(O)CCN(C)C(C)C(=O)N(C)CCC#N. The Labute approximate surface area is 104 Å². The van der Waals surface area contributed by atoms with Crippen LogP contribution in [-0.4, -0.2) is 60.1 Å². The normalized spacial score (nSPS) is 14.2. The number of nitriles is 1. The zero-order valence-electron chi connectivity index (χ0n) is 11.2. The van der Waals surface area contributed by atoms with Crippen LogP contribution >= 0.6 is 0 Å². The number of carbonyl (C=O) groups excluding carboxylic acids is 1. The third-order valence-corrected chi connectivity index (χ3v) is 2.85. The highest BCUT2D eigenvalue weighted by Gasteiger charge is 2.21. The summed E-state index contributed by atoms with van der Waals surface area (Å²) in [4.78, 5) is 15.4. The molecule has 0 radical (unpaired) electrons. The van der Waals surface area contributed by atoms with E-state index >= 15 is 0 Å². The summed E-state index contributed by atoms with van der Waals surface area (Å²) >= 11 is 0. The van der Waals surface area contributed by atoms with Gasteiger partial charge in [-0.05, 0) is 27.3 Å². The molecule has 17 heavy (non-hydrogen) atoms. The summed E-state index contributed by atoms with van der Waals surface area (Å²) in [7, 11) is 3.57. The number of rotatable bonds is 7. The van der Waals surface area contributed by atoms with E-state index in [0.717, 1.165) is 0 Å². The van der Waals surface area contributed by atoms with E-state index in [4.69, 9.17) is 5.26 Å². The van der Waals surface area contributed by atoms with E-state index in [9.17, 15) is 9.90 Å². The quantitative estimate of drug-likeness (QED) is 0.702. The maximum absolute atomic E-state index is 11.9. The number of hydrogen-bond acceptors (Lipinski definition) is 4. The molecule has 1 N–H and O–H groups in total. The first-order chi connectivity index (χ1) is 7.90. The number of likely N-dealkylation sites (N-methyl/N-ethyl adjacent to an activating group) is 2. The molecule has 0 aromatic carbocycles. The second-order valence-electron chi connectivity index (χ2n) is 4.46. The molecule has 5 nitrogen and oxygen atoms in total. The smallest absolute Gasteiger partial charge is 0.239 e. The van der Waals surface area contributed by atoms with Crippen molar-refractivity contribution in [2.75, 3.05) is 27.2 Å². The van der Waals surface area contributed by atoms with E-state index in [-0.39, 0.29) is 18.1 Å². The predicted molar refractivity (Wildman–Crippen MR) is 66.3 cm³/mol. The summed E-state index contributed by atoms with van der Waals surface area (Å²) in [5.41, 5.74) is 0. The topological polar surface area (TPSA) is 67.6 Å².